The molecule has 0 unspecified atom stereocenters. The molecule has 1 aliphatic rings. The molecule has 2 heterocycles. The normalized spacial score (nSPS) is 20.9. The van der Waals surface area contributed by atoms with Gasteiger partial charge in [0, 0.05) is 12.1 Å². The van der Waals surface area contributed by atoms with Crippen LogP contribution in [0.25, 0.3) is 11.3 Å². The number of hydrogen-bond acceptors (Lipinski definition) is 5. The zero-order valence-corrected chi connectivity index (χ0v) is 12.2. The Morgan fingerprint density at radius 3 is 2.64 bits per heavy atom. The molecule has 114 valence electrons. The van der Waals surface area contributed by atoms with Crippen molar-refractivity contribution in [3.8, 4) is 11.3 Å². The fraction of sp³-hybridized carbons (Fsp3) is 0.200. The van der Waals surface area contributed by atoms with Crippen LogP contribution in [0.5, 0.6) is 0 Å². The fourth-order valence-electron chi connectivity index (χ4n) is 2.31. The van der Waals surface area contributed by atoms with Crippen LogP contribution in [0, 0.1) is 0 Å². The molecule has 0 saturated carbocycles. The maximum Gasteiger partial charge on any atom is 0.336 e. The second-order valence-corrected chi connectivity index (χ2v) is 6.12. The average molecular weight is 319 g/mol. The summed E-state index contributed by atoms with van der Waals surface area (Å²) in [6, 6.07) is 10.0. The van der Waals surface area contributed by atoms with Gasteiger partial charge < -0.3 is 14.6 Å². The van der Waals surface area contributed by atoms with Crippen LogP contribution in [0.4, 0.5) is 0 Å². The van der Waals surface area contributed by atoms with E-state index in [4.69, 9.17) is 9.52 Å². The standard InChI is InChI=1S/C15H13NO5S/c17-14(18)9-4-2-1-3-8(9)10-5-6-11(21-10)13-16-7-12(22-13)15(19)20/h1-6,12-13,16H,7H2,(H,17,18)(H,19,20)/t12-,13-/m0/s1. The van der Waals surface area contributed by atoms with Crippen LogP contribution in [0.3, 0.4) is 0 Å². The Labute approximate surface area is 130 Å². The van der Waals surface area contributed by atoms with Gasteiger partial charge in [0.1, 0.15) is 22.1 Å². The van der Waals surface area contributed by atoms with Gasteiger partial charge in [0.15, 0.2) is 0 Å². The minimum atomic E-state index is -1.02. The Morgan fingerprint density at radius 2 is 1.95 bits per heavy atom. The van der Waals surface area contributed by atoms with E-state index in [1.54, 1.807) is 30.3 Å². The minimum Gasteiger partial charge on any atom is -0.480 e. The first-order valence-electron chi connectivity index (χ1n) is 6.60. The molecule has 1 aromatic carbocycles. The van der Waals surface area contributed by atoms with Gasteiger partial charge in [-0.15, -0.1) is 11.8 Å². The number of carboxylic acids is 2. The summed E-state index contributed by atoms with van der Waals surface area (Å²) in [5.41, 5.74) is 0.665. The van der Waals surface area contributed by atoms with Gasteiger partial charge >= 0.3 is 11.9 Å². The van der Waals surface area contributed by atoms with E-state index in [2.05, 4.69) is 5.32 Å². The molecular formula is C15H13NO5S. The van der Waals surface area contributed by atoms with Crippen molar-refractivity contribution in [2.75, 3.05) is 6.54 Å². The number of aliphatic carboxylic acids is 1. The van der Waals surface area contributed by atoms with Crippen molar-refractivity contribution in [1.29, 1.82) is 0 Å². The largest absolute Gasteiger partial charge is 0.480 e. The van der Waals surface area contributed by atoms with Gasteiger partial charge in [-0.1, -0.05) is 18.2 Å². The predicted octanol–water partition coefficient (Wildman–Crippen LogP) is 2.43. The molecule has 2 aromatic rings. The van der Waals surface area contributed by atoms with E-state index in [0.717, 1.165) is 0 Å². The molecule has 0 amide bonds. The third-order valence-corrected chi connectivity index (χ3v) is 4.74. The summed E-state index contributed by atoms with van der Waals surface area (Å²) in [7, 11) is 0. The van der Waals surface area contributed by atoms with Crippen molar-refractivity contribution in [1.82, 2.24) is 5.32 Å². The van der Waals surface area contributed by atoms with Crippen LogP contribution in [0.1, 0.15) is 21.5 Å². The van der Waals surface area contributed by atoms with Crippen molar-refractivity contribution in [2.24, 2.45) is 0 Å². The highest BCUT2D eigenvalue weighted by atomic mass is 32.2. The number of rotatable bonds is 4. The molecule has 0 bridgehead atoms. The van der Waals surface area contributed by atoms with Gasteiger partial charge in [0.05, 0.1) is 5.56 Å². The van der Waals surface area contributed by atoms with Crippen LogP contribution in [-0.2, 0) is 4.79 Å². The monoisotopic (exact) mass is 319 g/mol. The smallest absolute Gasteiger partial charge is 0.336 e. The minimum absolute atomic E-state index is 0.166. The molecule has 0 spiro atoms. The topological polar surface area (TPSA) is 99.8 Å². The summed E-state index contributed by atoms with van der Waals surface area (Å²) >= 11 is 1.27. The molecule has 1 aliphatic heterocycles. The highest BCUT2D eigenvalue weighted by Crippen LogP contribution is 2.37. The van der Waals surface area contributed by atoms with Gasteiger partial charge in [-0.25, -0.2) is 4.79 Å². The van der Waals surface area contributed by atoms with Gasteiger partial charge in [-0.05, 0) is 18.2 Å². The number of thioether (sulfide) groups is 1. The summed E-state index contributed by atoms with van der Waals surface area (Å²) in [5, 5.41) is 20.5. The number of carboxylic acid groups (broad SMARTS) is 2. The highest BCUT2D eigenvalue weighted by molar-refractivity contribution is 8.01. The van der Waals surface area contributed by atoms with E-state index in [9.17, 15) is 14.7 Å². The zero-order valence-electron chi connectivity index (χ0n) is 11.4. The average Bonchev–Trinajstić information content (AvgIpc) is 3.16. The zero-order chi connectivity index (χ0) is 15.7. The Morgan fingerprint density at radius 1 is 1.18 bits per heavy atom. The van der Waals surface area contributed by atoms with Crippen LogP contribution >= 0.6 is 11.8 Å². The van der Waals surface area contributed by atoms with Gasteiger partial charge in [0.25, 0.3) is 0 Å². The van der Waals surface area contributed by atoms with Gasteiger partial charge in [-0.3, -0.25) is 10.1 Å². The lowest BCUT2D eigenvalue weighted by Crippen LogP contribution is -2.21. The first kappa shape index (κ1) is 14.7. The quantitative estimate of drug-likeness (QED) is 0.795. The van der Waals surface area contributed by atoms with Crippen LogP contribution < -0.4 is 5.32 Å². The molecular weight excluding hydrogens is 306 g/mol. The van der Waals surface area contributed by atoms with E-state index in [0.29, 0.717) is 23.6 Å². The maximum absolute atomic E-state index is 11.3. The highest BCUT2D eigenvalue weighted by Gasteiger charge is 2.32. The van der Waals surface area contributed by atoms with Crippen molar-refractivity contribution in [2.45, 2.75) is 10.6 Å². The molecule has 1 saturated heterocycles. The molecule has 6 nitrogen and oxygen atoms in total. The Hall–Kier alpha value is -2.25. The van der Waals surface area contributed by atoms with Gasteiger partial charge in [-0.2, -0.15) is 0 Å². The predicted molar refractivity (Wildman–Crippen MR) is 80.9 cm³/mol. The second kappa shape index (κ2) is 5.86. The van der Waals surface area contributed by atoms with E-state index in [1.807, 2.05) is 0 Å². The van der Waals surface area contributed by atoms with Crippen molar-refractivity contribution < 1.29 is 24.2 Å². The molecule has 0 radical (unpaired) electrons. The van der Waals surface area contributed by atoms with Crippen LogP contribution in [-0.4, -0.2) is 33.9 Å². The first-order valence-corrected chi connectivity index (χ1v) is 7.54. The number of benzene rings is 1. The van der Waals surface area contributed by atoms with Crippen LogP contribution in [0.15, 0.2) is 40.8 Å². The lowest BCUT2D eigenvalue weighted by molar-refractivity contribution is -0.136. The van der Waals surface area contributed by atoms with Crippen molar-refractivity contribution in [3.63, 3.8) is 0 Å². The Kier molecular flexibility index (Phi) is 3.91. The number of carbonyl (C=O) groups is 2. The van der Waals surface area contributed by atoms with E-state index >= 15 is 0 Å². The molecule has 1 aromatic heterocycles. The van der Waals surface area contributed by atoms with E-state index in [-0.39, 0.29) is 10.9 Å². The fourth-order valence-corrected chi connectivity index (χ4v) is 3.40. The molecule has 2 atom stereocenters. The molecule has 0 aliphatic carbocycles. The van der Waals surface area contributed by atoms with Crippen molar-refractivity contribution in [3.05, 3.63) is 47.7 Å². The number of hydrogen-bond donors (Lipinski definition) is 3. The van der Waals surface area contributed by atoms with Gasteiger partial charge in [0.2, 0.25) is 0 Å². The summed E-state index contributed by atoms with van der Waals surface area (Å²) in [6.07, 6.45) is 0. The number of nitrogens with one attached hydrogen (secondary N) is 1. The summed E-state index contributed by atoms with van der Waals surface area (Å²) in [5.74, 6) is -0.839. The molecule has 3 rings (SSSR count). The molecule has 7 heteroatoms. The summed E-state index contributed by atoms with van der Waals surface area (Å²) in [6.45, 7) is 0.367. The van der Waals surface area contributed by atoms with Crippen molar-refractivity contribution >= 4 is 23.7 Å². The Balaban J connectivity index is 1.86. The van der Waals surface area contributed by atoms with Crippen LogP contribution in [0.2, 0.25) is 0 Å². The second-order valence-electron chi connectivity index (χ2n) is 4.80. The van der Waals surface area contributed by atoms with E-state index in [1.165, 1.54) is 17.8 Å². The number of furan rings is 1. The third-order valence-electron chi connectivity index (χ3n) is 3.37. The molecule has 3 N–H and O–H groups in total. The lowest BCUT2D eigenvalue weighted by Gasteiger charge is -2.06. The Bertz CT molecular complexity index is 726. The van der Waals surface area contributed by atoms with E-state index < -0.39 is 17.2 Å². The third kappa shape index (κ3) is 2.72. The SMILES string of the molecule is O=C(O)c1ccccc1-c1ccc([C@H]2NC[C@@H](C(=O)O)S2)o1. The summed E-state index contributed by atoms with van der Waals surface area (Å²) in [4.78, 5) is 22.2. The molecule has 1 fully saturated rings. The first-order chi connectivity index (χ1) is 10.6. The summed E-state index contributed by atoms with van der Waals surface area (Å²) < 4.78 is 5.73. The lowest BCUT2D eigenvalue weighted by atomic mass is 10.1. The molecule has 22 heavy (non-hydrogen) atoms. The number of aromatic carboxylic acids is 1. The maximum atomic E-state index is 11.3.